The third-order valence-electron chi connectivity index (χ3n) is 10.9. The lowest BCUT2D eigenvalue weighted by molar-refractivity contribution is -0.159. The van der Waals surface area contributed by atoms with Crippen LogP contribution in [0.5, 0.6) is 0 Å². The molecule has 1 amide bonds. The van der Waals surface area contributed by atoms with Gasteiger partial charge in [-0.2, -0.15) is 0 Å². The number of ketones is 1. The Kier molecular flexibility index (Phi) is 13.5. The number of aromatic carboxylic acids is 1. The highest BCUT2D eigenvalue weighted by molar-refractivity contribution is 7.99. The van der Waals surface area contributed by atoms with Crippen molar-refractivity contribution in [3.05, 3.63) is 198 Å². The number of carbonyl (C=O) groups excluding carboxylic acids is 2. The summed E-state index contributed by atoms with van der Waals surface area (Å²) in [4.78, 5) is 43.3. The topological polar surface area (TPSA) is 149 Å². The Morgan fingerprint density at radius 2 is 1.29 bits per heavy atom. The summed E-state index contributed by atoms with van der Waals surface area (Å²) >= 11 is 1.20. The molecule has 0 bridgehead atoms. The Morgan fingerprint density at radius 1 is 0.762 bits per heavy atom. The highest BCUT2D eigenvalue weighted by atomic mass is 32.2. The Morgan fingerprint density at radius 3 is 1.83 bits per heavy atom. The summed E-state index contributed by atoms with van der Waals surface area (Å²) in [6.45, 7) is -1.52. The lowest BCUT2D eigenvalue weighted by atomic mass is 10.0. The van der Waals surface area contributed by atoms with Gasteiger partial charge in [0, 0.05) is 31.3 Å². The van der Waals surface area contributed by atoms with Gasteiger partial charge in [0.2, 0.25) is 5.16 Å². The van der Waals surface area contributed by atoms with Crippen LogP contribution in [0.3, 0.4) is 0 Å². The minimum atomic E-state index is -3.41. The number of Topliss-reactive ketones (excluding diaryl/α,β-unsaturated/α-hetero) is 1. The molecule has 0 radical (unpaired) electrons. The predicted molar refractivity (Wildman–Crippen MR) is 246 cm³/mol. The molecule has 1 aliphatic heterocycles. The van der Waals surface area contributed by atoms with Crippen LogP contribution in [0.25, 0.3) is 0 Å². The molecule has 6 aromatic carbocycles. The molecular formula is C49H45N6O6PS. The average Bonchev–Trinajstić information content (AvgIpc) is 3.75. The second kappa shape index (κ2) is 19.7. The number of rotatable bonds is 17. The van der Waals surface area contributed by atoms with Crippen LogP contribution in [-0.2, 0) is 21.3 Å². The van der Waals surface area contributed by atoms with Crippen molar-refractivity contribution in [2.75, 3.05) is 12.3 Å². The number of aromatic nitrogens is 4. The number of amides is 1. The van der Waals surface area contributed by atoms with Crippen LogP contribution in [0.2, 0.25) is 0 Å². The van der Waals surface area contributed by atoms with Gasteiger partial charge in [-0.15, -0.1) is 5.10 Å². The maximum absolute atomic E-state index is 14.0. The standard InChI is InChI=1S/C49H45N6O6PS/c1-34(42(56)33-63-48-51-52-53-54(48)2)60-46-41(50-45(57)37-24-12-5-13-25-37)32-55(46)49(61-44(35-20-8-3-9-21-35)36-22-10-4-11-23-36)62(38-26-14-6-15-27-38,39-28-16-7-17-29-39)43-31-19-18-30-40(43)47(58)59/h3-31,34,41,44,46H,32-33H2,1-2H3,(H,50,57)(H,58,59)/t34-,41+,46+/m0/s1. The van der Waals surface area contributed by atoms with Crippen molar-refractivity contribution in [2.24, 2.45) is 7.05 Å². The average molecular weight is 877 g/mol. The Hall–Kier alpha value is -6.47. The van der Waals surface area contributed by atoms with E-state index in [4.69, 9.17) is 9.47 Å². The van der Waals surface area contributed by atoms with E-state index >= 15 is 0 Å². The fourth-order valence-electron chi connectivity index (χ4n) is 7.71. The normalized spacial score (nSPS) is 15.6. The first-order valence-electron chi connectivity index (χ1n) is 20.4. The molecule has 7 aromatic rings. The molecule has 2 N–H and O–H groups in total. The van der Waals surface area contributed by atoms with E-state index in [9.17, 15) is 19.5 Å². The summed E-state index contributed by atoms with van der Waals surface area (Å²) in [6, 6.07) is 54.8. The second-order valence-electron chi connectivity index (χ2n) is 14.9. The van der Waals surface area contributed by atoms with Gasteiger partial charge < -0.3 is 19.9 Å². The van der Waals surface area contributed by atoms with Crippen molar-refractivity contribution in [3.8, 4) is 0 Å². The van der Waals surface area contributed by atoms with E-state index in [0.717, 1.165) is 21.7 Å². The van der Waals surface area contributed by atoms with Crippen LogP contribution in [0.15, 0.2) is 181 Å². The quantitative estimate of drug-likeness (QED) is 0.0785. The third-order valence-corrected chi connectivity index (χ3v) is 16.1. The van der Waals surface area contributed by atoms with E-state index in [0.29, 0.717) is 21.6 Å². The number of carboxylic acid groups (broad SMARTS) is 1. The minimum Gasteiger partial charge on any atom is -0.478 e. The van der Waals surface area contributed by atoms with Crippen LogP contribution in [0.4, 0.5) is 0 Å². The Labute approximate surface area is 369 Å². The number of likely N-dealkylation sites (tertiary alicyclic amines) is 1. The predicted octanol–water partition coefficient (Wildman–Crippen LogP) is 6.30. The molecule has 12 nitrogen and oxygen atoms in total. The first-order valence-corrected chi connectivity index (χ1v) is 23.2. The molecule has 63 heavy (non-hydrogen) atoms. The third kappa shape index (κ3) is 9.20. The number of ether oxygens (including phenoxy) is 2. The van der Waals surface area contributed by atoms with Gasteiger partial charge in [-0.05, 0) is 57.3 Å². The SMILES string of the molecule is C[C@H](O[C@@H]1[C@H](NC(=O)c2ccccc2)CN1C(OC(c1ccccc1)c1ccccc1)=P(c1ccccc1)(c1ccccc1)c1ccccc1C(=O)O)C(=O)CSc1nnnn1C. The summed E-state index contributed by atoms with van der Waals surface area (Å²) in [6.07, 6.45) is -2.61. The van der Waals surface area contributed by atoms with Gasteiger partial charge >= 0.3 is 5.97 Å². The van der Waals surface area contributed by atoms with Gasteiger partial charge in [0.05, 0.1) is 17.4 Å². The number of aryl methyl sites for hydroxylation is 1. The molecule has 1 aromatic heterocycles. The fourth-order valence-corrected chi connectivity index (χ4v) is 13.0. The molecule has 8 rings (SSSR count). The molecule has 0 spiro atoms. The van der Waals surface area contributed by atoms with Crippen LogP contribution in [0, 0.1) is 0 Å². The largest absolute Gasteiger partial charge is 0.478 e. The van der Waals surface area contributed by atoms with Gasteiger partial charge in [0.25, 0.3) is 5.91 Å². The Bertz CT molecular complexity index is 2640. The number of carbonyl (C=O) groups is 3. The summed E-state index contributed by atoms with van der Waals surface area (Å²) in [5.74, 6) is -1.60. The second-order valence-corrected chi connectivity index (χ2v) is 19.1. The van der Waals surface area contributed by atoms with Gasteiger partial charge in [-0.25, -0.2) is 14.4 Å². The molecule has 14 heteroatoms. The number of thioether (sulfide) groups is 1. The lowest BCUT2D eigenvalue weighted by Gasteiger charge is -2.51. The maximum Gasteiger partial charge on any atom is 0.336 e. The fraction of sp³-hybridized carbons (Fsp3) is 0.163. The zero-order chi connectivity index (χ0) is 43.8. The number of tetrazole rings is 1. The summed E-state index contributed by atoms with van der Waals surface area (Å²) in [5, 5.41) is 28.5. The van der Waals surface area contributed by atoms with Crippen LogP contribution >= 0.6 is 18.6 Å². The van der Waals surface area contributed by atoms with Gasteiger partial charge in [-0.1, -0.05) is 169 Å². The molecule has 0 unspecified atom stereocenters. The maximum atomic E-state index is 14.0. The Balaban J connectivity index is 1.38. The molecule has 0 aliphatic carbocycles. The number of benzene rings is 6. The van der Waals surface area contributed by atoms with Crippen molar-refractivity contribution in [3.63, 3.8) is 0 Å². The summed E-state index contributed by atoms with van der Waals surface area (Å²) in [7, 11) is 1.70. The van der Waals surface area contributed by atoms with Crippen molar-refractivity contribution in [1.29, 1.82) is 0 Å². The summed E-state index contributed by atoms with van der Waals surface area (Å²) < 4.78 is 16.0. The molecule has 1 saturated heterocycles. The number of nitrogens with one attached hydrogen (secondary N) is 1. The lowest BCUT2D eigenvalue weighted by Crippen LogP contribution is -2.70. The van der Waals surface area contributed by atoms with Crippen LogP contribution in [-0.4, -0.2) is 84.1 Å². The van der Waals surface area contributed by atoms with Crippen molar-refractivity contribution >= 4 is 57.8 Å². The smallest absolute Gasteiger partial charge is 0.336 e. The zero-order valence-electron chi connectivity index (χ0n) is 34.5. The number of hydrogen-bond donors (Lipinski definition) is 2. The highest BCUT2D eigenvalue weighted by Crippen LogP contribution is 2.51. The number of carboxylic acids is 1. The van der Waals surface area contributed by atoms with Gasteiger partial charge in [0.15, 0.2) is 5.78 Å². The molecular weight excluding hydrogens is 832 g/mol. The molecule has 0 saturated carbocycles. The monoisotopic (exact) mass is 876 g/mol. The van der Waals surface area contributed by atoms with Gasteiger partial charge in [-0.3, -0.25) is 9.59 Å². The molecule has 2 heterocycles. The van der Waals surface area contributed by atoms with Crippen molar-refractivity contribution in [2.45, 2.75) is 36.6 Å². The van der Waals surface area contributed by atoms with Crippen molar-refractivity contribution < 1.29 is 29.0 Å². The van der Waals surface area contributed by atoms with Gasteiger partial charge in [0.1, 0.15) is 24.0 Å². The van der Waals surface area contributed by atoms with E-state index in [1.807, 2.05) is 144 Å². The van der Waals surface area contributed by atoms with E-state index in [1.54, 1.807) is 50.4 Å². The molecule has 3 atom stereocenters. The molecule has 318 valence electrons. The number of hydrogen-bond acceptors (Lipinski definition) is 9. The number of nitrogens with zero attached hydrogens (tertiary/aromatic N) is 5. The molecule has 1 aliphatic rings. The van der Waals surface area contributed by atoms with Crippen LogP contribution in [0.1, 0.15) is 44.9 Å². The minimum absolute atomic E-state index is 0.0251. The van der Waals surface area contributed by atoms with E-state index in [-0.39, 0.29) is 29.6 Å². The first-order chi connectivity index (χ1) is 30.8. The summed E-state index contributed by atoms with van der Waals surface area (Å²) in [5.41, 5.74) is 2.74. The molecule has 1 fully saturated rings. The van der Waals surface area contributed by atoms with Crippen LogP contribution < -0.4 is 21.2 Å². The zero-order valence-corrected chi connectivity index (χ0v) is 36.3. The van der Waals surface area contributed by atoms with E-state index in [1.165, 1.54) is 16.4 Å². The van der Waals surface area contributed by atoms with E-state index in [2.05, 4.69) is 20.8 Å². The van der Waals surface area contributed by atoms with Crippen molar-refractivity contribution in [1.82, 2.24) is 30.4 Å². The van der Waals surface area contributed by atoms with E-state index < -0.39 is 37.3 Å². The highest BCUT2D eigenvalue weighted by Gasteiger charge is 2.49. The first kappa shape index (κ1) is 43.2.